The van der Waals surface area contributed by atoms with E-state index in [-0.39, 0.29) is 0 Å². The average molecular weight is 223 g/mol. The molecule has 84 valence electrons. The quantitative estimate of drug-likeness (QED) is 0.805. The summed E-state index contributed by atoms with van der Waals surface area (Å²) in [6.07, 6.45) is 8.13. The minimum absolute atomic E-state index is 0.953. The highest BCUT2D eigenvalue weighted by Crippen LogP contribution is 2.24. The van der Waals surface area contributed by atoms with Crippen LogP contribution in [-0.2, 0) is 7.05 Å². The van der Waals surface area contributed by atoms with E-state index in [2.05, 4.69) is 28.6 Å². The van der Waals surface area contributed by atoms with E-state index in [9.17, 15) is 0 Å². The minimum Gasteiger partial charge on any atom is -0.353 e. The smallest absolute Gasteiger partial charge is 0.108 e. The fourth-order valence-corrected chi connectivity index (χ4v) is 1.90. The van der Waals surface area contributed by atoms with E-state index in [1.54, 1.807) is 4.68 Å². The number of anilines is 1. The summed E-state index contributed by atoms with van der Waals surface area (Å²) in [6, 6.07) is 10.2. The summed E-state index contributed by atoms with van der Waals surface area (Å²) in [4.78, 5) is 0. The number of hydrogen-bond acceptors (Lipinski definition) is 2. The van der Waals surface area contributed by atoms with Gasteiger partial charge < -0.3 is 5.32 Å². The zero-order valence-electron chi connectivity index (χ0n) is 9.59. The molecule has 0 bridgehead atoms. The third kappa shape index (κ3) is 1.87. The number of benzene rings is 1. The molecule has 0 fully saturated rings. The fraction of sp³-hybridized carbons (Fsp3) is 0.0714. The van der Waals surface area contributed by atoms with Crippen LogP contribution in [0.5, 0.6) is 0 Å². The summed E-state index contributed by atoms with van der Waals surface area (Å²) in [5.74, 6) is 0. The van der Waals surface area contributed by atoms with Gasteiger partial charge in [-0.15, -0.1) is 0 Å². The summed E-state index contributed by atoms with van der Waals surface area (Å²) in [7, 11) is 1.92. The maximum atomic E-state index is 4.40. The number of aromatic nitrogens is 2. The van der Waals surface area contributed by atoms with E-state index in [1.807, 2.05) is 43.6 Å². The first-order valence-electron chi connectivity index (χ1n) is 5.57. The second-order valence-electron chi connectivity index (χ2n) is 4.03. The molecule has 2 heterocycles. The number of allylic oxidation sites excluding steroid dienone is 2. The Morgan fingerprint density at radius 1 is 1.18 bits per heavy atom. The van der Waals surface area contributed by atoms with Crippen LogP contribution >= 0.6 is 0 Å². The fourth-order valence-electron chi connectivity index (χ4n) is 1.90. The van der Waals surface area contributed by atoms with Gasteiger partial charge in [0.25, 0.3) is 0 Å². The van der Waals surface area contributed by atoms with E-state index in [4.69, 9.17) is 0 Å². The normalized spacial score (nSPS) is 13.6. The van der Waals surface area contributed by atoms with Crippen molar-refractivity contribution in [1.82, 2.24) is 9.78 Å². The summed E-state index contributed by atoms with van der Waals surface area (Å²) >= 11 is 0. The molecule has 0 atom stereocenters. The number of fused-ring (bicyclic) bond motifs is 1. The van der Waals surface area contributed by atoms with Crippen LogP contribution in [0, 0.1) is 0 Å². The maximum absolute atomic E-state index is 4.40. The van der Waals surface area contributed by atoms with Crippen molar-refractivity contribution in [2.75, 3.05) is 5.32 Å². The monoisotopic (exact) mass is 223 g/mol. The minimum atomic E-state index is 0.953. The first-order chi connectivity index (χ1) is 8.33. The second kappa shape index (κ2) is 3.94. The Labute approximate surface area is 100 Å². The van der Waals surface area contributed by atoms with Gasteiger partial charge in [0.05, 0.1) is 5.70 Å². The number of rotatable bonds is 1. The predicted molar refractivity (Wildman–Crippen MR) is 70.3 cm³/mol. The zero-order chi connectivity index (χ0) is 11.7. The van der Waals surface area contributed by atoms with Crippen molar-refractivity contribution in [2.45, 2.75) is 0 Å². The van der Waals surface area contributed by atoms with Crippen molar-refractivity contribution < 1.29 is 0 Å². The molecular weight excluding hydrogens is 210 g/mol. The molecule has 1 aliphatic rings. The highest BCUT2D eigenvalue weighted by atomic mass is 15.3. The molecule has 1 aromatic heterocycles. The number of nitrogens with one attached hydrogen (secondary N) is 1. The molecule has 0 amide bonds. The SMILES string of the molecule is Cn1ccc(C2=CC=Cc3ccccc3N2)n1. The summed E-state index contributed by atoms with van der Waals surface area (Å²) in [6.45, 7) is 0. The lowest BCUT2D eigenvalue weighted by Gasteiger charge is -2.09. The lowest BCUT2D eigenvalue weighted by atomic mass is 10.2. The van der Waals surface area contributed by atoms with Gasteiger partial charge in [0, 0.05) is 18.9 Å². The van der Waals surface area contributed by atoms with Gasteiger partial charge in [-0.05, 0) is 23.8 Å². The van der Waals surface area contributed by atoms with Gasteiger partial charge in [0.1, 0.15) is 5.69 Å². The van der Waals surface area contributed by atoms with Crippen molar-refractivity contribution in [2.24, 2.45) is 7.05 Å². The zero-order valence-corrected chi connectivity index (χ0v) is 9.59. The van der Waals surface area contributed by atoms with Crippen LogP contribution in [0.25, 0.3) is 11.8 Å². The molecule has 0 spiro atoms. The Balaban J connectivity index is 2.01. The Bertz CT molecular complexity index is 605. The Morgan fingerprint density at radius 2 is 2.06 bits per heavy atom. The van der Waals surface area contributed by atoms with Gasteiger partial charge in [-0.3, -0.25) is 4.68 Å². The molecule has 3 heteroatoms. The van der Waals surface area contributed by atoms with Crippen LogP contribution < -0.4 is 5.32 Å². The molecule has 0 unspecified atom stereocenters. The van der Waals surface area contributed by atoms with E-state index in [1.165, 1.54) is 5.56 Å². The van der Waals surface area contributed by atoms with E-state index >= 15 is 0 Å². The van der Waals surface area contributed by atoms with Crippen LogP contribution in [0.2, 0.25) is 0 Å². The molecule has 2 aromatic rings. The van der Waals surface area contributed by atoms with Gasteiger partial charge in [0.2, 0.25) is 0 Å². The molecule has 1 aliphatic heterocycles. The number of nitrogens with zero attached hydrogens (tertiary/aromatic N) is 2. The summed E-state index contributed by atoms with van der Waals surface area (Å²) < 4.78 is 1.80. The standard InChI is InChI=1S/C14H13N3/c1-17-10-9-14(16-17)13-8-4-6-11-5-2-3-7-12(11)15-13/h2-10,15H,1H3. The van der Waals surface area contributed by atoms with Crippen LogP contribution in [0.15, 0.2) is 48.7 Å². The van der Waals surface area contributed by atoms with Gasteiger partial charge in [-0.2, -0.15) is 5.10 Å². The Morgan fingerprint density at radius 3 is 2.88 bits per heavy atom. The maximum Gasteiger partial charge on any atom is 0.108 e. The summed E-state index contributed by atoms with van der Waals surface area (Å²) in [5.41, 5.74) is 4.27. The molecule has 17 heavy (non-hydrogen) atoms. The highest BCUT2D eigenvalue weighted by Gasteiger charge is 2.08. The van der Waals surface area contributed by atoms with Crippen molar-refractivity contribution >= 4 is 17.5 Å². The largest absolute Gasteiger partial charge is 0.353 e. The lowest BCUT2D eigenvalue weighted by Crippen LogP contribution is -2.00. The molecular formula is C14H13N3. The predicted octanol–water partition coefficient (Wildman–Crippen LogP) is 2.90. The number of aryl methyl sites for hydroxylation is 1. The van der Waals surface area contributed by atoms with Gasteiger partial charge in [-0.25, -0.2) is 0 Å². The van der Waals surface area contributed by atoms with Gasteiger partial charge >= 0.3 is 0 Å². The number of hydrogen-bond donors (Lipinski definition) is 1. The van der Waals surface area contributed by atoms with E-state index < -0.39 is 0 Å². The molecule has 3 rings (SSSR count). The lowest BCUT2D eigenvalue weighted by molar-refractivity contribution is 0.763. The van der Waals surface area contributed by atoms with Crippen molar-refractivity contribution in [1.29, 1.82) is 0 Å². The molecule has 0 aliphatic carbocycles. The van der Waals surface area contributed by atoms with Crippen molar-refractivity contribution in [3.63, 3.8) is 0 Å². The molecule has 1 aromatic carbocycles. The van der Waals surface area contributed by atoms with Crippen LogP contribution in [0.1, 0.15) is 11.3 Å². The first-order valence-corrected chi connectivity index (χ1v) is 5.57. The van der Waals surface area contributed by atoms with Gasteiger partial charge in [-0.1, -0.05) is 30.4 Å². The van der Waals surface area contributed by atoms with E-state index in [0.29, 0.717) is 0 Å². The highest BCUT2D eigenvalue weighted by molar-refractivity contribution is 5.83. The van der Waals surface area contributed by atoms with Gasteiger partial charge in [0.15, 0.2) is 0 Å². The molecule has 0 saturated heterocycles. The van der Waals surface area contributed by atoms with Crippen LogP contribution in [-0.4, -0.2) is 9.78 Å². The Kier molecular flexibility index (Phi) is 2.29. The topological polar surface area (TPSA) is 29.9 Å². The molecule has 1 N–H and O–H groups in total. The second-order valence-corrected chi connectivity index (χ2v) is 4.03. The first kappa shape index (κ1) is 9.90. The van der Waals surface area contributed by atoms with E-state index in [0.717, 1.165) is 17.1 Å². The molecule has 0 radical (unpaired) electrons. The Hall–Kier alpha value is -2.29. The van der Waals surface area contributed by atoms with Crippen molar-refractivity contribution in [3.8, 4) is 0 Å². The summed E-state index contributed by atoms with van der Waals surface area (Å²) in [5, 5.41) is 7.81. The van der Waals surface area contributed by atoms with Crippen molar-refractivity contribution in [3.05, 3.63) is 59.9 Å². The molecule has 3 nitrogen and oxygen atoms in total. The third-order valence-electron chi connectivity index (χ3n) is 2.76. The number of para-hydroxylation sites is 1. The average Bonchev–Trinajstić information content (AvgIpc) is 2.65. The molecule has 0 saturated carbocycles. The van der Waals surface area contributed by atoms with Crippen LogP contribution in [0.4, 0.5) is 5.69 Å². The van der Waals surface area contributed by atoms with Crippen LogP contribution in [0.3, 0.4) is 0 Å². The third-order valence-corrected chi connectivity index (χ3v) is 2.76.